The van der Waals surface area contributed by atoms with Gasteiger partial charge in [0.1, 0.15) is 25.7 Å². The number of pyridine rings is 1. The number of nitrogens with two attached hydrogens (primary N) is 1. The van der Waals surface area contributed by atoms with Crippen LogP contribution >= 0.6 is 0 Å². The number of hydrogen-bond acceptors (Lipinski definition) is 0. The minimum absolute atomic E-state index is 0. The van der Waals surface area contributed by atoms with Crippen molar-refractivity contribution in [1.82, 2.24) is 0 Å². The van der Waals surface area contributed by atoms with Gasteiger partial charge in [0.05, 0.1) is 0 Å². The fourth-order valence-corrected chi connectivity index (χ4v) is 2.18. The highest BCUT2D eigenvalue weighted by Gasteiger charge is 2.23. The molecule has 2 unspecified atom stereocenters. The molecule has 1 saturated heterocycles. The minimum atomic E-state index is 0. The Morgan fingerprint density at radius 1 is 1.35 bits per heavy atom. The Hall–Kier alpha value is -0.0600. The van der Waals surface area contributed by atoms with Gasteiger partial charge in [-0.3, -0.25) is 0 Å². The molecular weight excluding hydrogens is 281 g/mol. The summed E-state index contributed by atoms with van der Waals surface area (Å²) in [7, 11) is 0. The van der Waals surface area contributed by atoms with Crippen LogP contribution in [0, 0.1) is 0 Å². The van der Waals surface area contributed by atoms with Gasteiger partial charge in [-0.2, -0.15) is 0 Å². The molecule has 100 valence electrons. The summed E-state index contributed by atoms with van der Waals surface area (Å²) < 4.78 is 0. The molecule has 3 nitrogen and oxygen atoms in total. The van der Waals surface area contributed by atoms with Crippen molar-refractivity contribution in [3.63, 3.8) is 0 Å². The Balaban J connectivity index is 0. The summed E-state index contributed by atoms with van der Waals surface area (Å²) in [5.74, 6) is 0. The number of nitrogens with one attached hydrogen (secondary N) is 2. The SMILES string of the molecule is CC1C[NH+](Cc2cccc[nH+]2)CC[NH2+]1.[Cl-].[Cl-].[Cl-]. The molecule has 0 bridgehead atoms. The van der Waals surface area contributed by atoms with Gasteiger partial charge in [-0.05, 0) is 13.0 Å². The maximum atomic E-state index is 3.30. The van der Waals surface area contributed by atoms with E-state index in [-0.39, 0.29) is 37.2 Å². The second kappa shape index (κ2) is 9.92. The number of quaternary nitrogens is 2. The Kier molecular flexibility index (Phi) is 11.3. The molecule has 1 aliphatic rings. The fraction of sp³-hybridized carbons (Fsp3) is 0.545. The predicted molar refractivity (Wildman–Crippen MR) is 53.7 cm³/mol. The van der Waals surface area contributed by atoms with Gasteiger partial charge in [-0.1, -0.05) is 0 Å². The molecule has 1 aliphatic heterocycles. The van der Waals surface area contributed by atoms with Crippen LogP contribution < -0.4 is 52.4 Å². The summed E-state index contributed by atoms with van der Waals surface area (Å²) in [5, 5.41) is 2.44. The van der Waals surface area contributed by atoms with Crippen LogP contribution in [0.15, 0.2) is 24.4 Å². The van der Waals surface area contributed by atoms with E-state index in [1.165, 1.54) is 25.3 Å². The second-order valence-corrected chi connectivity index (χ2v) is 4.27. The van der Waals surface area contributed by atoms with E-state index in [1.807, 2.05) is 12.3 Å². The molecule has 1 fully saturated rings. The number of aromatic nitrogens is 1. The maximum Gasteiger partial charge on any atom is 0.234 e. The van der Waals surface area contributed by atoms with E-state index < -0.39 is 0 Å². The van der Waals surface area contributed by atoms with Crippen LogP contribution in [-0.2, 0) is 6.54 Å². The van der Waals surface area contributed by atoms with Crippen molar-refractivity contribution in [1.29, 1.82) is 0 Å². The molecule has 2 atom stereocenters. The summed E-state index contributed by atoms with van der Waals surface area (Å²) >= 11 is 0. The van der Waals surface area contributed by atoms with E-state index in [0.29, 0.717) is 0 Å². The van der Waals surface area contributed by atoms with E-state index in [2.05, 4.69) is 29.4 Å². The normalized spacial score (nSPS) is 22.6. The summed E-state index contributed by atoms with van der Waals surface area (Å²) in [6, 6.07) is 7.09. The predicted octanol–water partition coefficient (Wildman–Crippen LogP) is -11.1. The molecule has 17 heavy (non-hydrogen) atoms. The van der Waals surface area contributed by atoms with Gasteiger partial charge in [-0.15, -0.1) is 0 Å². The monoisotopic (exact) mass is 299 g/mol. The summed E-state index contributed by atoms with van der Waals surface area (Å²) in [5.41, 5.74) is 1.34. The van der Waals surface area contributed by atoms with Gasteiger partial charge in [0.15, 0.2) is 12.7 Å². The third-order valence-corrected chi connectivity index (χ3v) is 2.89. The standard InChI is InChI=1S/C11H17N3.3ClH/c1-10-8-14(7-6-12-10)9-11-4-2-3-5-13-11;;;/h2-5,10,12H,6-9H2,1H3;3*1H. The number of rotatable bonds is 2. The molecule has 1 aromatic heterocycles. The van der Waals surface area contributed by atoms with Crippen molar-refractivity contribution < 1.29 is 52.4 Å². The molecule has 0 radical (unpaired) electrons. The number of hydrogen-bond donors (Lipinski definition) is 2. The van der Waals surface area contributed by atoms with Gasteiger partial charge >= 0.3 is 0 Å². The van der Waals surface area contributed by atoms with Gasteiger partial charge < -0.3 is 47.4 Å². The Morgan fingerprint density at radius 2 is 2.12 bits per heavy atom. The third kappa shape index (κ3) is 6.43. The van der Waals surface area contributed by atoms with E-state index in [0.717, 1.165) is 12.6 Å². The molecule has 2 rings (SSSR count). The molecule has 0 aliphatic carbocycles. The highest BCUT2D eigenvalue weighted by atomic mass is 35.5. The minimum Gasteiger partial charge on any atom is -1.00 e. The lowest BCUT2D eigenvalue weighted by molar-refractivity contribution is -0.969. The smallest absolute Gasteiger partial charge is 0.234 e. The second-order valence-electron chi connectivity index (χ2n) is 4.27. The largest absolute Gasteiger partial charge is 1.00 e. The summed E-state index contributed by atoms with van der Waals surface area (Å²) in [4.78, 5) is 5.00. The van der Waals surface area contributed by atoms with Crippen molar-refractivity contribution in [2.24, 2.45) is 0 Å². The lowest BCUT2D eigenvalue weighted by atomic mass is 10.2. The van der Waals surface area contributed by atoms with E-state index in [1.54, 1.807) is 4.90 Å². The highest BCUT2D eigenvalue weighted by molar-refractivity contribution is 4.94. The van der Waals surface area contributed by atoms with Crippen molar-refractivity contribution in [3.8, 4) is 0 Å². The first-order valence-electron chi connectivity index (χ1n) is 5.47. The van der Waals surface area contributed by atoms with Crippen molar-refractivity contribution in [2.45, 2.75) is 19.5 Å². The van der Waals surface area contributed by atoms with Gasteiger partial charge in [0, 0.05) is 12.1 Å². The van der Waals surface area contributed by atoms with Gasteiger partial charge in [-0.25, -0.2) is 4.98 Å². The molecule has 0 amide bonds. The highest BCUT2D eigenvalue weighted by Crippen LogP contribution is 1.84. The molecule has 4 N–H and O–H groups in total. The third-order valence-electron chi connectivity index (χ3n) is 2.89. The van der Waals surface area contributed by atoms with Gasteiger partial charge in [0.25, 0.3) is 0 Å². The molecule has 0 saturated carbocycles. The number of halogens is 3. The summed E-state index contributed by atoms with van der Waals surface area (Å²) in [6.45, 7) is 7.28. The van der Waals surface area contributed by atoms with E-state index >= 15 is 0 Å². The van der Waals surface area contributed by atoms with Crippen molar-refractivity contribution in [3.05, 3.63) is 30.1 Å². The van der Waals surface area contributed by atoms with Crippen LogP contribution in [0.4, 0.5) is 0 Å². The zero-order valence-electron chi connectivity index (χ0n) is 9.93. The molecule has 0 spiro atoms. The topological polar surface area (TPSA) is 35.2 Å². The van der Waals surface area contributed by atoms with Crippen LogP contribution in [0.5, 0.6) is 0 Å². The molecular formula is C11H20Cl3N3. The Bertz CT molecular complexity index is 285. The summed E-state index contributed by atoms with van der Waals surface area (Å²) in [6.07, 6.45) is 2.01. The molecule has 1 aromatic rings. The van der Waals surface area contributed by atoms with Gasteiger partial charge in [0.2, 0.25) is 5.69 Å². The van der Waals surface area contributed by atoms with Crippen LogP contribution in [0.25, 0.3) is 0 Å². The lowest BCUT2D eigenvalue weighted by Crippen LogP contribution is -3.21. The van der Waals surface area contributed by atoms with Crippen LogP contribution in [0.3, 0.4) is 0 Å². The average molecular weight is 301 g/mol. The van der Waals surface area contributed by atoms with E-state index in [4.69, 9.17) is 0 Å². The first-order chi connectivity index (χ1) is 6.84. The molecule has 6 heteroatoms. The molecule has 0 aromatic carbocycles. The van der Waals surface area contributed by atoms with Crippen LogP contribution in [0.2, 0.25) is 0 Å². The number of H-pyrrole nitrogens is 1. The quantitative estimate of drug-likeness (QED) is 0.544. The zero-order chi connectivity index (χ0) is 9.80. The first-order valence-corrected chi connectivity index (χ1v) is 5.47. The lowest BCUT2D eigenvalue weighted by Gasteiger charge is -2.24. The Morgan fingerprint density at radius 3 is 2.71 bits per heavy atom. The average Bonchev–Trinajstić information content (AvgIpc) is 2.19. The van der Waals surface area contributed by atoms with E-state index in [9.17, 15) is 0 Å². The van der Waals surface area contributed by atoms with Crippen LogP contribution in [0.1, 0.15) is 12.6 Å². The first kappa shape index (κ1) is 19.3. The fourth-order valence-electron chi connectivity index (χ4n) is 2.18. The van der Waals surface area contributed by atoms with Crippen molar-refractivity contribution >= 4 is 0 Å². The maximum absolute atomic E-state index is 3.30. The number of piperazine rings is 1. The Labute approximate surface area is 122 Å². The zero-order valence-corrected chi connectivity index (χ0v) is 12.2. The van der Waals surface area contributed by atoms with Crippen molar-refractivity contribution in [2.75, 3.05) is 19.6 Å². The van der Waals surface area contributed by atoms with Crippen LogP contribution in [-0.4, -0.2) is 25.7 Å². The molecule has 2 heterocycles. The number of aromatic amines is 1.